The summed E-state index contributed by atoms with van der Waals surface area (Å²) in [4.78, 5) is 4.47. The van der Waals surface area contributed by atoms with E-state index in [-0.39, 0.29) is 6.10 Å². The van der Waals surface area contributed by atoms with E-state index in [1.807, 2.05) is 32.0 Å². The second-order valence-electron chi connectivity index (χ2n) is 4.21. The normalized spacial score (nSPS) is 15.6. The molecule has 0 fully saturated rings. The third-order valence-corrected chi connectivity index (χ3v) is 2.38. The first-order chi connectivity index (χ1) is 7.75. The van der Waals surface area contributed by atoms with Crippen LogP contribution in [-0.4, -0.2) is 25.0 Å². The average molecular weight is 218 g/mol. The molecule has 0 aromatic heterocycles. The number of hydrogen-bond donors (Lipinski definition) is 1. The molecule has 1 aliphatic heterocycles. The standard InChI is InChI=1S/C13H18N2O/c1-10(2)16-12-6-3-5-11(9-12)13-14-7-4-8-15-13/h3,5-6,9-10H,4,7-8H2,1-2H3,(H,14,15). The monoisotopic (exact) mass is 218 g/mol. The van der Waals surface area contributed by atoms with Crippen molar-refractivity contribution in [3.63, 3.8) is 0 Å². The molecule has 0 spiro atoms. The molecular weight excluding hydrogens is 200 g/mol. The molecule has 0 unspecified atom stereocenters. The Morgan fingerprint density at radius 1 is 1.38 bits per heavy atom. The lowest BCUT2D eigenvalue weighted by Crippen LogP contribution is -2.30. The summed E-state index contributed by atoms with van der Waals surface area (Å²) in [6.07, 6.45) is 1.32. The first kappa shape index (κ1) is 11.0. The van der Waals surface area contributed by atoms with Gasteiger partial charge in [-0.2, -0.15) is 0 Å². The fraction of sp³-hybridized carbons (Fsp3) is 0.462. The number of nitrogens with one attached hydrogen (secondary N) is 1. The van der Waals surface area contributed by atoms with Crippen molar-refractivity contribution in [1.82, 2.24) is 5.32 Å². The predicted octanol–water partition coefficient (Wildman–Crippen LogP) is 2.21. The first-order valence-electron chi connectivity index (χ1n) is 5.81. The Balaban J connectivity index is 2.18. The van der Waals surface area contributed by atoms with Crippen LogP contribution in [0.5, 0.6) is 5.75 Å². The largest absolute Gasteiger partial charge is 0.491 e. The van der Waals surface area contributed by atoms with Crippen LogP contribution in [0, 0.1) is 0 Å². The quantitative estimate of drug-likeness (QED) is 0.844. The van der Waals surface area contributed by atoms with Gasteiger partial charge >= 0.3 is 0 Å². The highest BCUT2D eigenvalue weighted by molar-refractivity contribution is 5.99. The van der Waals surface area contributed by atoms with Gasteiger partial charge in [-0.15, -0.1) is 0 Å². The van der Waals surface area contributed by atoms with Crippen LogP contribution in [0.1, 0.15) is 25.8 Å². The molecule has 0 radical (unpaired) electrons. The maximum Gasteiger partial charge on any atom is 0.128 e. The number of rotatable bonds is 3. The van der Waals surface area contributed by atoms with E-state index in [1.54, 1.807) is 0 Å². The van der Waals surface area contributed by atoms with Crippen LogP contribution in [0.4, 0.5) is 0 Å². The van der Waals surface area contributed by atoms with Crippen molar-refractivity contribution in [2.45, 2.75) is 26.4 Å². The van der Waals surface area contributed by atoms with Crippen LogP contribution in [0.3, 0.4) is 0 Å². The molecule has 0 bridgehead atoms. The Labute approximate surface area is 96.5 Å². The average Bonchev–Trinajstić information content (AvgIpc) is 2.30. The number of aliphatic imine (C=N–C) groups is 1. The van der Waals surface area contributed by atoms with Gasteiger partial charge in [-0.05, 0) is 32.4 Å². The lowest BCUT2D eigenvalue weighted by atomic mass is 10.1. The van der Waals surface area contributed by atoms with Gasteiger partial charge in [0.05, 0.1) is 6.10 Å². The Bertz CT molecular complexity index is 385. The lowest BCUT2D eigenvalue weighted by Gasteiger charge is -2.16. The minimum atomic E-state index is 0.205. The highest BCUT2D eigenvalue weighted by Gasteiger charge is 2.07. The molecule has 86 valence electrons. The van der Waals surface area contributed by atoms with Crippen molar-refractivity contribution < 1.29 is 4.74 Å². The van der Waals surface area contributed by atoms with Crippen LogP contribution in [0.2, 0.25) is 0 Å². The fourth-order valence-corrected chi connectivity index (χ4v) is 1.71. The van der Waals surface area contributed by atoms with Crippen molar-refractivity contribution in [2.75, 3.05) is 13.1 Å². The zero-order chi connectivity index (χ0) is 11.4. The lowest BCUT2D eigenvalue weighted by molar-refractivity contribution is 0.242. The van der Waals surface area contributed by atoms with Gasteiger partial charge in [-0.25, -0.2) is 0 Å². The third-order valence-electron chi connectivity index (χ3n) is 2.38. The Hall–Kier alpha value is -1.51. The van der Waals surface area contributed by atoms with Crippen molar-refractivity contribution in [2.24, 2.45) is 4.99 Å². The van der Waals surface area contributed by atoms with Crippen molar-refractivity contribution in [3.05, 3.63) is 29.8 Å². The van der Waals surface area contributed by atoms with Gasteiger partial charge in [-0.3, -0.25) is 4.99 Å². The third kappa shape index (κ3) is 2.75. The molecular formula is C13H18N2O. The van der Waals surface area contributed by atoms with Gasteiger partial charge in [0, 0.05) is 18.7 Å². The van der Waals surface area contributed by atoms with E-state index in [4.69, 9.17) is 4.74 Å². The Kier molecular flexibility index (Phi) is 3.44. The van der Waals surface area contributed by atoms with E-state index < -0.39 is 0 Å². The molecule has 16 heavy (non-hydrogen) atoms. The molecule has 1 aliphatic rings. The molecule has 0 amide bonds. The smallest absolute Gasteiger partial charge is 0.128 e. The fourth-order valence-electron chi connectivity index (χ4n) is 1.71. The first-order valence-corrected chi connectivity index (χ1v) is 5.81. The van der Waals surface area contributed by atoms with E-state index in [2.05, 4.69) is 16.4 Å². The SMILES string of the molecule is CC(C)Oc1cccc(C2=NCCCN2)c1. The molecule has 1 aromatic rings. The second kappa shape index (κ2) is 5.01. The number of benzene rings is 1. The van der Waals surface area contributed by atoms with E-state index >= 15 is 0 Å². The van der Waals surface area contributed by atoms with Gasteiger partial charge in [0.2, 0.25) is 0 Å². The maximum absolute atomic E-state index is 5.66. The van der Waals surface area contributed by atoms with Gasteiger partial charge in [0.25, 0.3) is 0 Å². The highest BCUT2D eigenvalue weighted by atomic mass is 16.5. The molecule has 0 atom stereocenters. The number of nitrogens with zero attached hydrogens (tertiary/aromatic N) is 1. The molecule has 1 N–H and O–H groups in total. The summed E-state index contributed by atoms with van der Waals surface area (Å²) >= 11 is 0. The van der Waals surface area contributed by atoms with E-state index in [0.717, 1.165) is 36.7 Å². The van der Waals surface area contributed by atoms with Crippen LogP contribution in [-0.2, 0) is 0 Å². The van der Waals surface area contributed by atoms with Crippen LogP contribution < -0.4 is 10.1 Å². The van der Waals surface area contributed by atoms with E-state index in [0.29, 0.717) is 0 Å². The van der Waals surface area contributed by atoms with E-state index in [9.17, 15) is 0 Å². The Morgan fingerprint density at radius 3 is 2.94 bits per heavy atom. The van der Waals surface area contributed by atoms with Crippen LogP contribution in [0.15, 0.2) is 29.3 Å². The minimum absolute atomic E-state index is 0.205. The molecule has 3 heteroatoms. The summed E-state index contributed by atoms with van der Waals surface area (Å²) < 4.78 is 5.66. The highest BCUT2D eigenvalue weighted by Crippen LogP contribution is 2.15. The predicted molar refractivity (Wildman–Crippen MR) is 66.2 cm³/mol. The topological polar surface area (TPSA) is 33.6 Å². The summed E-state index contributed by atoms with van der Waals surface area (Å²) in [5.74, 6) is 1.89. The van der Waals surface area contributed by atoms with Gasteiger partial charge in [0.15, 0.2) is 0 Å². The summed E-state index contributed by atoms with van der Waals surface area (Å²) in [6, 6.07) is 8.08. The molecule has 1 aromatic carbocycles. The zero-order valence-electron chi connectivity index (χ0n) is 9.86. The molecule has 0 saturated carbocycles. The number of amidine groups is 1. The second-order valence-corrected chi connectivity index (χ2v) is 4.21. The molecule has 3 nitrogen and oxygen atoms in total. The maximum atomic E-state index is 5.66. The molecule has 0 saturated heterocycles. The summed E-state index contributed by atoms with van der Waals surface area (Å²) in [6.45, 7) is 5.98. The Morgan fingerprint density at radius 2 is 2.25 bits per heavy atom. The zero-order valence-corrected chi connectivity index (χ0v) is 9.86. The molecule has 0 aliphatic carbocycles. The van der Waals surface area contributed by atoms with Crippen molar-refractivity contribution in [1.29, 1.82) is 0 Å². The van der Waals surface area contributed by atoms with Crippen LogP contribution in [0.25, 0.3) is 0 Å². The van der Waals surface area contributed by atoms with Gasteiger partial charge in [0.1, 0.15) is 11.6 Å². The minimum Gasteiger partial charge on any atom is -0.491 e. The van der Waals surface area contributed by atoms with Gasteiger partial charge in [-0.1, -0.05) is 12.1 Å². The van der Waals surface area contributed by atoms with E-state index in [1.165, 1.54) is 0 Å². The number of hydrogen-bond acceptors (Lipinski definition) is 3. The number of ether oxygens (including phenoxy) is 1. The van der Waals surface area contributed by atoms with Crippen LogP contribution >= 0.6 is 0 Å². The summed E-state index contributed by atoms with van der Waals surface area (Å²) in [5, 5.41) is 3.31. The molecule has 1 heterocycles. The summed E-state index contributed by atoms with van der Waals surface area (Å²) in [5.41, 5.74) is 1.11. The molecule has 2 rings (SSSR count). The van der Waals surface area contributed by atoms with Crippen molar-refractivity contribution in [3.8, 4) is 5.75 Å². The van der Waals surface area contributed by atoms with Gasteiger partial charge < -0.3 is 10.1 Å². The van der Waals surface area contributed by atoms with Crippen molar-refractivity contribution >= 4 is 5.84 Å². The summed E-state index contributed by atoms with van der Waals surface area (Å²) in [7, 11) is 0.